The Morgan fingerprint density at radius 2 is 1.70 bits per heavy atom. The predicted molar refractivity (Wildman–Crippen MR) is 120 cm³/mol. The van der Waals surface area contributed by atoms with E-state index in [1.807, 2.05) is 78.9 Å². The molecule has 0 spiro atoms. The van der Waals surface area contributed by atoms with Gasteiger partial charge in [0, 0.05) is 6.07 Å². The van der Waals surface area contributed by atoms with Crippen LogP contribution < -0.4 is 14.4 Å². The monoisotopic (exact) mass is 418 g/mol. The van der Waals surface area contributed by atoms with Gasteiger partial charge in [-0.3, -0.25) is 9.69 Å². The number of benzene rings is 3. The summed E-state index contributed by atoms with van der Waals surface area (Å²) in [7, 11) is 1.63. The lowest BCUT2D eigenvalue weighted by atomic mass is 10.2. The van der Waals surface area contributed by atoms with E-state index in [-0.39, 0.29) is 12.3 Å². The lowest BCUT2D eigenvalue weighted by Gasteiger charge is -2.20. The average Bonchev–Trinajstić information content (AvgIpc) is 3.21. The van der Waals surface area contributed by atoms with Gasteiger partial charge in [0.15, 0.2) is 5.13 Å². The Labute approximate surface area is 179 Å². The van der Waals surface area contributed by atoms with Crippen LogP contribution in [0, 0.1) is 0 Å². The normalized spacial score (nSPS) is 10.7. The van der Waals surface area contributed by atoms with Crippen LogP contribution in [0.1, 0.15) is 12.0 Å². The molecule has 0 saturated heterocycles. The fourth-order valence-electron chi connectivity index (χ4n) is 3.07. The van der Waals surface area contributed by atoms with Gasteiger partial charge in [-0.2, -0.15) is 0 Å². The third kappa shape index (κ3) is 4.78. The highest BCUT2D eigenvalue weighted by molar-refractivity contribution is 7.22. The van der Waals surface area contributed by atoms with Gasteiger partial charge in [0.05, 0.1) is 36.9 Å². The zero-order valence-electron chi connectivity index (χ0n) is 16.7. The van der Waals surface area contributed by atoms with Gasteiger partial charge in [0.2, 0.25) is 5.91 Å². The minimum Gasteiger partial charge on any atom is -0.497 e. The Balaban J connectivity index is 1.55. The van der Waals surface area contributed by atoms with Gasteiger partial charge < -0.3 is 9.47 Å². The van der Waals surface area contributed by atoms with Crippen LogP contribution in [-0.4, -0.2) is 24.6 Å². The van der Waals surface area contributed by atoms with Crippen molar-refractivity contribution < 1.29 is 14.3 Å². The van der Waals surface area contributed by atoms with Crippen LogP contribution in [0.2, 0.25) is 0 Å². The van der Waals surface area contributed by atoms with E-state index in [1.165, 1.54) is 11.3 Å². The van der Waals surface area contributed by atoms with Crippen molar-refractivity contribution in [2.75, 3.05) is 18.6 Å². The molecule has 4 aromatic rings. The summed E-state index contributed by atoms with van der Waals surface area (Å²) >= 11 is 1.50. The van der Waals surface area contributed by atoms with Crippen LogP contribution in [0.15, 0.2) is 78.9 Å². The molecule has 0 saturated carbocycles. The first kappa shape index (κ1) is 19.9. The van der Waals surface area contributed by atoms with Gasteiger partial charge in [-0.05, 0) is 29.8 Å². The molecule has 0 aliphatic heterocycles. The van der Waals surface area contributed by atoms with Crippen molar-refractivity contribution in [3.63, 3.8) is 0 Å². The first-order chi connectivity index (χ1) is 14.7. The average molecular weight is 419 g/mol. The third-order valence-corrected chi connectivity index (χ3v) is 5.69. The number of nitrogens with zero attached hydrogens (tertiary/aromatic N) is 2. The second-order valence-corrected chi connectivity index (χ2v) is 7.72. The molecule has 0 radical (unpaired) electrons. The number of methoxy groups -OCH3 is 1. The minimum absolute atomic E-state index is 0.0270. The Morgan fingerprint density at radius 1 is 0.967 bits per heavy atom. The molecule has 0 aliphatic carbocycles. The standard InChI is InChI=1S/C24H22N2O3S/c1-28-20-12-13-22-21(16-20)25-24(30-22)26(17-18-8-4-2-5-9-18)23(27)14-15-29-19-10-6-3-7-11-19/h2-13,16H,14-15,17H2,1H3. The van der Waals surface area contributed by atoms with Gasteiger partial charge in [0.25, 0.3) is 0 Å². The fraction of sp³-hybridized carbons (Fsp3) is 0.167. The SMILES string of the molecule is COc1ccc2sc(N(Cc3ccccc3)C(=O)CCOc3ccccc3)nc2c1. The van der Waals surface area contributed by atoms with Gasteiger partial charge in [-0.15, -0.1) is 0 Å². The van der Waals surface area contributed by atoms with Crippen molar-refractivity contribution in [3.05, 3.63) is 84.4 Å². The molecular weight excluding hydrogens is 396 g/mol. The number of anilines is 1. The van der Waals surface area contributed by atoms with E-state index >= 15 is 0 Å². The molecule has 0 bridgehead atoms. The first-order valence-electron chi connectivity index (χ1n) is 9.69. The number of aromatic nitrogens is 1. The molecule has 1 aromatic heterocycles. The van der Waals surface area contributed by atoms with Gasteiger partial charge in [-0.1, -0.05) is 59.9 Å². The van der Waals surface area contributed by atoms with Crippen molar-refractivity contribution in [3.8, 4) is 11.5 Å². The molecule has 6 heteroatoms. The second kappa shape index (κ2) is 9.41. The van der Waals surface area contributed by atoms with Crippen molar-refractivity contribution in [2.45, 2.75) is 13.0 Å². The molecule has 30 heavy (non-hydrogen) atoms. The third-order valence-electron chi connectivity index (χ3n) is 4.63. The molecule has 3 aromatic carbocycles. The lowest BCUT2D eigenvalue weighted by Crippen LogP contribution is -2.31. The molecule has 1 amide bonds. The van der Waals surface area contributed by atoms with Crippen LogP contribution in [-0.2, 0) is 11.3 Å². The number of ether oxygens (including phenoxy) is 2. The smallest absolute Gasteiger partial charge is 0.232 e. The van der Waals surface area contributed by atoms with Crippen LogP contribution in [0.4, 0.5) is 5.13 Å². The molecule has 5 nitrogen and oxygen atoms in total. The number of para-hydroxylation sites is 1. The molecule has 0 fully saturated rings. The Kier molecular flexibility index (Phi) is 6.25. The summed E-state index contributed by atoms with van der Waals surface area (Å²) in [5.41, 5.74) is 1.87. The number of hydrogen-bond acceptors (Lipinski definition) is 5. The van der Waals surface area contributed by atoms with E-state index in [1.54, 1.807) is 12.0 Å². The highest BCUT2D eigenvalue weighted by Crippen LogP contribution is 2.32. The van der Waals surface area contributed by atoms with E-state index in [2.05, 4.69) is 0 Å². The predicted octanol–water partition coefficient (Wildman–Crippen LogP) is 5.31. The summed E-state index contributed by atoms with van der Waals surface area (Å²) in [6, 6.07) is 25.2. The molecule has 4 rings (SSSR count). The van der Waals surface area contributed by atoms with Gasteiger partial charge in [-0.25, -0.2) is 4.98 Å². The van der Waals surface area contributed by atoms with Crippen molar-refractivity contribution in [2.24, 2.45) is 0 Å². The van der Waals surface area contributed by atoms with Crippen molar-refractivity contribution in [1.82, 2.24) is 4.98 Å². The lowest BCUT2D eigenvalue weighted by molar-refractivity contribution is -0.119. The molecule has 0 unspecified atom stereocenters. The minimum atomic E-state index is -0.0270. The summed E-state index contributed by atoms with van der Waals surface area (Å²) < 4.78 is 12.0. The first-order valence-corrected chi connectivity index (χ1v) is 10.5. The van der Waals surface area contributed by atoms with Gasteiger partial charge >= 0.3 is 0 Å². The fourth-order valence-corrected chi connectivity index (χ4v) is 4.04. The number of thiazole rings is 1. The number of rotatable bonds is 8. The summed E-state index contributed by atoms with van der Waals surface area (Å²) in [5.74, 6) is 1.48. The maximum atomic E-state index is 13.1. The summed E-state index contributed by atoms with van der Waals surface area (Å²) in [5, 5.41) is 0.673. The van der Waals surface area contributed by atoms with Crippen LogP contribution in [0.3, 0.4) is 0 Å². The Bertz CT molecular complexity index is 1110. The number of hydrogen-bond donors (Lipinski definition) is 0. The molecule has 0 aliphatic rings. The van der Waals surface area contributed by atoms with E-state index in [0.29, 0.717) is 18.3 Å². The summed E-state index contributed by atoms with van der Waals surface area (Å²) in [6.07, 6.45) is 0.265. The Hall–Kier alpha value is -3.38. The van der Waals surface area contributed by atoms with Crippen LogP contribution in [0.5, 0.6) is 11.5 Å². The second-order valence-electron chi connectivity index (χ2n) is 6.71. The number of carbonyl (C=O) groups excluding carboxylic acids is 1. The zero-order chi connectivity index (χ0) is 20.8. The Morgan fingerprint density at radius 3 is 2.43 bits per heavy atom. The molecular formula is C24H22N2O3S. The van der Waals surface area contributed by atoms with Crippen molar-refractivity contribution >= 4 is 32.6 Å². The zero-order valence-corrected chi connectivity index (χ0v) is 17.5. The molecule has 1 heterocycles. The number of amides is 1. The quantitative estimate of drug-likeness (QED) is 0.389. The summed E-state index contributed by atoms with van der Waals surface area (Å²) in [4.78, 5) is 19.6. The highest BCUT2D eigenvalue weighted by atomic mass is 32.1. The maximum absolute atomic E-state index is 13.1. The van der Waals surface area contributed by atoms with E-state index < -0.39 is 0 Å². The highest BCUT2D eigenvalue weighted by Gasteiger charge is 2.20. The number of fused-ring (bicyclic) bond motifs is 1. The molecule has 0 atom stereocenters. The molecule has 152 valence electrons. The molecule has 0 N–H and O–H groups in total. The largest absolute Gasteiger partial charge is 0.497 e. The van der Waals surface area contributed by atoms with E-state index in [4.69, 9.17) is 14.5 Å². The van der Waals surface area contributed by atoms with Crippen LogP contribution in [0.25, 0.3) is 10.2 Å². The van der Waals surface area contributed by atoms with Crippen molar-refractivity contribution in [1.29, 1.82) is 0 Å². The maximum Gasteiger partial charge on any atom is 0.232 e. The summed E-state index contributed by atoms with van der Waals surface area (Å²) in [6.45, 7) is 0.773. The van der Waals surface area contributed by atoms with E-state index in [9.17, 15) is 4.79 Å². The topological polar surface area (TPSA) is 51.7 Å². The van der Waals surface area contributed by atoms with E-state index in [0.717, 1.165) is 27.3 Å². The number of carbonyl (C=O) groups is 1. The van der Waals surface area contributed by atoms with Crippen LogP contribution >= 0.6 is 11.3 Å². The van der Waals surface area contributed by atoms with Gasteiger partial charge in [0.1, 0.15) is 11.5 Å².